The quantitative estimate of drug-likeness (QED) is 0.341. The first-order valence-electron chi connectivity index (χ1n) is 11.3. The van der Waals surface area contributed by atoms with E-state index in [0.717, 1.165) is 26.6 Å². The molecule has 176 valence electrons. The van der Waals surface area contributed by atoms with Crippen molar-refractivity contribution in [3.05, 3.63) is 104 Å². The largest absolute Gasteiger partial charge is 0.477 e. The van der Waals surface area contributed by atoms with Crippen molar-refractivity contribution in [3.8, 4) is 28.1 Å². The molecule has 0 fully saturated rings. The maximum absolute atomic E-state index is 14.8. The Hall–Kier alpha value is -3.84. The highest BCUT2D eigenvalue weighted by atomic mass is 32.1. The summed E-state index contributed by atoms with van der Waals surface area (Å²) >= 11 is 1.54. The van der Waals surface area contributed by atoms with Crippen molar-refractivity contribution in [2.75, 3.05) is 0 Å². The summed E-state index contributed by atoms with van der Waals surface area (Å²) in [6.45, 7) is 7.95. The van der Waals surface area contributed by atoms with E-state index in [0.29, 0.717) is 28.9 Å². The van der Waals surface area contributed by atoms with Crippen LogP contribution in [0.4, 0.5) is 4.39 Å². The van der Waals surface area contributed by atoms with E-state index >= 15 is 0 Å². The number of fused-ring (bicyclic) bond motifs is 1. The molecule has 0 saturated heterocycles. The molecule has 3 heterocycles. The zero-order chi connectivity index (χ0) is 24.9. The standard InChI is InChI=1S/C28H24FN3O2S/c1-16-7-10-22(24(29)12-16)23-13-20(9-8-17(23)2)25-27(33)31-11-5-6-18(3)26(31)32(28(25)34)15-21-14-30-19(4)35-21/h5-14H,15H2,1-4H3/p+1. The van der Waals surface area contributed by atoms with E-state index in [1.165, 1.54) is 6.07 Å². The number of rotatable bonds is 4. The number of thiazole rings is 1. The molecule has 5 aromatic rings. The predicted molar refractivity (Wildman–Crippen MR) is 137 cm³/mol. The Kier molecular flexibility index (Phi) is 5.73. The Morgan fingerprint density at radius 1 is 1.03 bits per heavy atom. The van der Waals surface area contributed by atoms with Crippen molar-refractivity contribution in [2.45, 2.75) is 34.2 Å². The van der Waals surface area contributed by atoms with Gasteiger partial charge < -0.3 is 5.11 Å². The first kappa shape index (κ1) is 22.9. The molecule has 0 radical (unpaired) electrons. The second-order valence-corrected chi connectivity index (χ2v) is 10.2. The van der Waals surface area contributed by atoms with Gasteiger partial charge in [-0.25, -0.2) is 14.2 Å². The maximum atomic E-state index is 14.8. The summed E-state index contributed by atoms with van der Waals surface area (Å²) in [5.41, 5.74) is 4.68. The second-order valence-electron chi connectivity index (χ2n) is 8.83. The van der Waals surface area contributed by atoms with Gasteiger partial charge in [0.05, 0.1) is 16.1 Å². The molecule has 0 aliphatic carbocycles. The van der Waals surface area contributed by atoms with Crippen LogP contribution in [0.5, 0.6) is 5.88 Å². The van der Waals surface area contributed by atoms with E-state index in [1.54, 1.807) is 50.9 Å². The van der Waals surface area contributed by atoms with Gasteiger partial charge in [0.15, 0.2) is 5.56 Å². The normalized spacial score (nSPS) is 11.3. The Bertz CT molecular complexity index is 1670. The lowest BCUT2D eigenvalue weighted by Crippen LogP contribution is -2.41. The molecule has 0 amide bonds. The topological polar surface area (TPSA) is 58.5 Å². The van der Waals surface area contributed by atoms with Gasteiger partial charge >= 0.3 is 5.56 Å². The average molecular weight is 487 g/mol. The van der Waals surface area contributed by atoms with Crippen LogP contribution in [0, 0.1) is 33.5 Å². The number of aromatic nitrogens is 3. The van der Waals surface area contributed by atoms with Crippen LogP contribution in [0.15, 0.2) is 65.7 Å². The van der Waals surface area contributed by atoms with Crippen molar-refractivity contribution in [2.24, 2.45) is 0 Å². The molecule has 7 heteroatoms. The molecule has 0 spiro atoms. The van der Waals surface area contributed by atoms with E-state index in [2.05, 4.69) is 4.98 Å². The van der Waals surface area contributed by atoms with Crippen molar-refractivity contribution in [3.63, 3.8) is 0 Å². The molecule has 5 nitrogen and oxygen atoms in total. The Labute approximate surface area is 206 Å². The molecule has 0 aliphatic rings. The van der Waals surface area contributed by atoms with Crippen LogP contribution < -0.4 is 10.1 Å². The van der Waals surface area contributed by atoms with Crippen molar-refractivity contribution < 1.29 is 14.1 Å². The highest BCUT2D eigenvalue weighted by Gasteiger charge is 2.27. The van der Waals surface area contributed by atoms with E-state index in [-0.39, 0.29) is 22.8 Å². The molecule has 0 unspecified atom stereocenters. The maximum Gasteiger partial charge on any atom is 0.354 e. The third-order valence-electron chi connectivity index (χ3n) is 6.25. The lowest BCUT2D eigenvalue weighted by Gasteiger charge is -2.13. The van der Waals surface area contributed by atoms with Gasteiger partial charge in [0.2, 0.25) is 0 Å². The number of benzene rings is 2. The van der Waals surface area contributed by atoms with Crippen LogP contribution in [0.3, 0.4) is 0 Å². The van der Waals surface area contributed by atoms with Crippen LogP contribution in [0.25, 0.3) is 27.9 Å². The van der Waals surface area contributed by atoms with Crippen LogP contribution >= 0.6 is 11.3 Å². The summed E-state index contributed by atoms with van der Waals surface area (Å²) in [5.74, 6) is -0.453. The van der Waals surface area contributed by atoms with Crippen LogP contribution in [0.2, 0.25) is 0 Å². The molecule has 0 saturated carbocycles. The minimum Gasteiger partial charge on any atom is -0.477 e. The summed E-state index contributed by atoms with van der Waals surface area (Å²) in [4.78, 5) is 19.0. The average Bonchev–Trinajstić information content (AvgIpc) is 3.23. The number of halogens is 1. The third kappa shape index (κ3) is 4.02. The molecule has 3 aromatic heterocycles. The number of hydrogen-bond acceptors (Lipinski definition) is 4. The first-order valence-corrected chi connectivity index (χ1v) is 12.1. The molecule has 0 aliphatic heterocycles. The zero-order valence-electron chi connectivity index (χ0n) is 20.0. The SMILES string of the molecule is Cc1ccc(-c2cc(-c3c(O)[n+](Cc4cnc(C)s4)c4c(C)cccn4c3=O)ccc2C)c(F)c1. The summed E-state index contributed by atoms with van der Waals surface area (Å²) in [7, 11) is 0. The second kappa shape index (κ2) is 8.74. The van der Waals surface area contributed by atoms with Gasteiger partial charge in [0.1, 0.15) is 12.4 Å². The lowest BCUT2D eigenvalue weighted by atomic mass is 9.95. The fourth-order valence-electron chi connectivity index (χ4n) is 4.51. The highest BCUT2D eigenvalue weighted by Crippen LogP contribution is 2.33. The van der Waals surface area contributed by atoms with Gasteiger partial charge in [-0.1, -0.05) is 24.3 Å². The molecular weight excluding hydrogens is 461 g/mol. The number of nitrogens with zero attached hydrogens (tertiary/aromatic N) is 3. The molecule has 35 heavy (non-hydrogen) atoms. The summed E-state index contributed by atoms with van der Waals surface area (Å²) in [6.07, 6.45) is 3.49. The van der Waals surface area contributed by atoms with E-state index in [1.807, 2.05) is 52.0 Å². The monoisotopic (exact) mass is 486 g/mol. The lowest BCUT2D eigenvalue weighted by molar-refractivity contribution is -0.671. The Balaban J connectivity index is 1.78. The molecule has 1 N–H and O–H groups in total. The Morgan fingerprint density at radius 2 is 1.83 bits per heavy atom. The first-order chi connectivity index (χ1) is 16.7. The fraction of sp³-hybridized carbons (Fsp3) is 0.179. The van der Waals surface area contributed by atoms with Gasteiger partial charge in [-0.3, -0.25) is 0 Å². The number of aromatic hydroxyl groups is 1. The fourth-order valence-corrected chi connectivity index (χ4v) is 5.29. The van der Waals surface area contributed by atoms with Crippen molar-refractivity contribution in [1.29, 1.82) is 0 Å². The summed E-state index contributed by atoms with van der Waals surface area (Å²) < 4.78 is 18.1. The Morgan fingerprint density at radius 3 is 2.54 bits per heavy atom. The number of hydrogen-bond donors (Lipinski definition) is 1. The van der Waals surface area contributed by atoms with Gasteiger partial charge in [-0.15, -0.1) is 11.3 Å². The minimum atomic E-state index is -0.336. The molecule has 0 atom stereocenters. The predicted octanol–water partition coefficient (Wildman–Crippen LogP) is 5.50. The van der Waals surface area contributed by atoms with E-state index in [9.17, 15) is 14.3 Å². The minimum absolute atomic E-state index is 0.130. The molecule has 0 bridgehead atoms. The molecular formula is C28H25FN3O2S+. The zero-order valence-corrected chi connectivity index (χ0v) is 20.8. The smallest absolute Gasteiger partial charge is 0.354 e. The number of aryl methyl sites for hydroxylation is 4. The van der Waals surface area contributed by atoms with Crippen LogP contribution in [-0.4, -0.2) is 14.5 Å². The van der Waals surface area contributed by atoms with Crippen LogP contribution in [-0.2, 0) is 6.54 Å². The molecule has 2 aromatic carbocycles. The molecule has 5 rings (SSSR count). The number of pyridine rings is 1. The van der Waals surface area contributed by atoms with Gasteiger partial charge in [0, 0.05) is 17.3 Å². The van der Waals surface area contributed by atoms with Crippen LogP contribution in [0.1, 0.15) is 26.6 Å². The van der Waals surface area contributed by atoms with Crippen molar-refractivity contribution in [1.82, 2.24) is 9.38 Å². The van der Waals surface area contributed by atoms with Gasteiger partial charge in [0.25, 0.3) is 11.5 Å². The van der Waals surface area contributed by atoms with E-state index in [4.69, 9.17) is 0 Å². The summed E-state index contributed by atoms with van der Waals surface area (Å²) in [5, 5.41) is 12.4. The van der Waals surface area contributed by atoms with Crippen molar-refractivity contribution >= 4 is 17.0 Å². The summed E-state index contributed by atoms with van der Waals surface area (Å²) in [6, 6.07) is 14.3. The van der Waals surface area contributed by atoms with Gasteiger partial charge in [-0.2, -0.15) is 8.97 Å². The van der Waals surface area contributed by atoms with E-state index < -0.39 is 0 Å². The third-order valence-corrected chi connectivity index (χ3v) is 7.15. The van der Waals surface area contributed by atoms with Gasteiger partial charge in [-0.05, 0) is 74.2 Å². The highest BCUT2D eigenvalue weighted by molar-refractivity contribution is 7.11.